The molecule has 1 aliphatic rings. The maximum atomic E-state index is 12.5. The minimum absolute atomic E-state index is 0.0410. The molecule has 1 aliphatic heterocycles. The van der Waals surface area contributed by atoms with E-state index in [2.05, 4.69) is 32.2 Å². The molecule has 0 unspecified atom stereocenters. The SMILES string of the molecule is Cc1cc(O[C@@H](C)C(=O)NC2CCN(C(=O)c3ccco3)CC2)ccc1C(C)C. The van der Waals surface area contributed by atoms with Gasteiger partial charge in [0.1, 0.15) is 5.75 Å². The van der Waals surface area contributed by atoms with Crippen molar-refractivity contribution in [1.29, 1.82) is 0 Å². The number of benzene rings is 1. The number of furan rings is 1. The van der Waals surface area contributed by atoms with Gasteiger partial charge in [-0.25, -0.2) is 0 Å². The lowest BCUT2D eigenvalue weighted by Crippen LogP contribution is -2.49. The van der Waals surface area contributed by atoms with Crippen molar-refractivity contribution >= 4 is 11.8 Å². The lowest BCUT2D eigenvalue weighted by molar-refractivity contribution is -0.128. The summed E-state index contributed by atoms with van der Waals surface area (Å²) in [5.74, 6) is 1.28. The molecule has 2 aromatic rings. The molecule has 2 amide bonds. The van der Waals surface area contributed by atoms with Gasteiger partial charge in [-0.1, -0.05) is 19.9 Å². The smallest absolute Gasteiger partial charge is 0.289 e. The Morgan fingerprint density at radius 3 is 2.48 bits per heavy atom. The molecular weight excluding hydrogens is 368 g/mol. The van der Waals surface area contributed by atoms with Gasteiger partial charge in [-0.15, -0.1) is 0 Å². The summed E-state index contributed by atoms with van der Waals surface area (Å²) in [5.41, 5.74) is 2.45. The van der Waals surface area contributed by atoms with E-state index in [4.69, 9.17) is 9.15 Å². The first-order valence-corrected chi connectivity index (χ1v) is 10.3. The number of carbonyl (C=O) groups excluding carboxylic acids is 2. The van der Waals surface area contributed by atoms with Crippen LogP contribution in [0.5, 0.6) is 5.75 Å². The van der Waals surface area contributed by atoms with Crippen LogP contribution in [0, 0.1) is 6.92 Å². The lowest BCUT2D eigenvalue weighted by Gasteiger charge is -2.32. The molecule has 2 heterocycles. The molecule has 0 aliphatic carbocycles. The van der Waals surface area contributed by atoms with Crippen molar-refractivity contribution in [3.63, 3.8) is 0 Å². The van der Waals surface area contributed by atoms with Crippen molar-refractivity contribution in [2.75, 3.05) is 13.1 Å². The number of hydrogen-bond acceptors (Lipinski definition) is 4. The van der Waals surface area contributed by atoms with E-state index in [-0.39, 0.29) is 17.9 Å². The van der Waals surface area contributed by atoms with Gasteiger partial charge in [-0.05, 0) is 68.0 Å². The second kappa shape index (κ2) is 9.16. The number of nitrogens with one attached hydrogen (secondary N) is 1. The zero-order chi connectivity index (χ0) is 21.0. The van der Waals surface area contributed by atoms with Gasteiger partial charge in [0.2, 0.25) is 0 Å². The summed E-state index contributed by atoms with van der Waals surface area (Å²) >= 11 is 0. The van der Waals surface area contributed by atoms with Gasteiger partial charge in [-0.2, -0.15) is 0 Å². The van der Waals surface area contributed by atoms with Crippen molar-refractivity contribution in [2.24, 2.45) is 0 Å². The van der Waals surface area contributed by atoms with Crippen molar-refractivity contribution < 1.29 is 18.7 Å². The van der Waals surface area contributed by atoms with Gasteiger partial charge in [0, 0.05) is 19.1 Å². The summed E-state index contributed by atoms with van der Waals surface area (Å²) < 4.78 is 11.0. The molecule has 0 saturated carbocycles. The largest absolute Gasteiger partial charge is 0.481 e. The van der Waals surface area contributed by atoms with E-state index >= 15 is 0 Å². The molecule has 6 nitrogen and oxygen atoms in total. The van der Waals surface area contributed by atoms with Crippen LogP contribution in [-0.2, 0) is 4.79 Å². The van der Waals surface area contributed by atoms with Crippen LogP contribution >= 0.6 is 0 Å². The minimum Gasteiger partial charge on any atom is -0.481 e. The average Bonchev–Trinajstić information content (AvgIpc) is 3.22. The summed E-state index contributed by atoms with van der Waals surface area (Å²) in [7, 11) is 0. The Hall–Kier alpha value is -2.76. The fraction of sp³-hybridized carbons (Fsp3) is 0.478. The van der Waals surface area contributed by atoms with E-state index in [1.54, 1.807) is 24.0 Å². The van der Waals surface area contributed by atoms with Gasteiger partial charge in [0.25, 0.3) is 11.8 Å². The first-order chi connectivity index (χ1) is 13.8. The molecule has 1 aromatic carbocycles. The van der Waals surface area contributed by atoms with E-state index in [1.165, 1.54) is 17.4 Å². The Labute approximate surface area is 172 Å². The van der Waals surface area contributed by atoms with Crippen LogP contribution in [-0.4, -0.2) is 41.9 Å². The third-order valence-corrected chi connectivity index (χ3v) is 5.41. The molecule has 1 fully saturated rings. The number of amides is 2. The molecular formula is C23H30N2O4. The standard InChI is InChI=1S/C23H30N2O4/c1-15(2)20-8-7-19(14-16(20)3)29-17(4)22(26)24-18-9-11-25(12-10-18)23(27)21-6-5-13-28-21/h5-8,13-15,17-18H,9-12H2,1-4H3,(H,24,26)/t17-/m0/s1. The number of aryl methyl sites for hydroxylation is 1. The molecule has 6 heteroatoms. The van der Waals surface area contributed by atoms with Crippen LogP contribution in [0.3, 0.4) is 0 Å². The molecule has 1 N–H and O–H groups in total. The highest BCUT2D eigenvalue weighted by Crippen LogP contribution is 2.24. The summed E-state index contributed by atoms with van der Waals surface area (Å²) in [4.78, 5) is 26.6. The molecule has 156 valence electrons. The van der Waals surface area contributed by atoms with E-state index in [0.29, 0.717) is 43.4 Å². The van der Waals surface area contributed by atoms with Gasteiger partial charge in [0.15, 0.2) is 11.9 Å². The van der Waals surface area contributed by atoms with Crippen LogP contribution in [0.15, 0.2) is 41.0 Å². The van der Waals surface area contributed by atoms with Gasteiger partial charge in [0.05, 0.1) is 6.26 Å². The number of rotatable bonds is 6. The molecule has 3 rings (SSSR count). The zero-order valence-corrected chi connectivity index (χ0v) is 17.6. The topological polar surface area (TPSA) is 71.8 Å². The van der Waals surface area contributed by atoms with E-state index in [1.807, 2.05) is 12.1 Å². The fourth-order valence-electron chi connectivity index (χ4n) is 3.73. The summed E-state index contributed by atoms with van der Waals surface area (Å²) in [6, 6.07) is 9.39. The third-order valence-electron chi connectivity index (χ3n) is 5.41. The Bertz CT molecular complexity index is 837. The Morgan fingerprint density at radius 1 is 1.17 bits per heavy atom. The highest BCUT2D eigenvalue weighted by molar-refractivity contribution is 5.91. The highest BCUT2D eigenvalue weighted by Gasteiger charge is 2.27. The van der Waals surface area contributed by atoms with Gasteiger partial charge >= 0.3 is 0 Å². The number of carbonyl (C=O) groups is 2. The van der Waals surface area contributed by atoms with E-state index in [9.17, 15) is 9.59 Å². The zero-order valence-electron chi connectivity index (χ0n) is 17.6. The van der Waals surface area contributed by atoms with Gasteiger partial charge in [-0.3, -0.25) is 9.59 Å². The second-order valence-corrected chi connectivity index (χ2v) is 7.99. The third kappa shape index (κ3) is 5.19. The van der Waals surface area contributed by atoms with Crippen LogP contribution in [0.25, 0.3) is 0 Å². The number of hydrogen-bond donors (Lipinski definition) is 1. The fourth-order valence-corrected chi connectivity index (χ4v) is 3.73. The minimum atomic E-state index is -0.581. The molecule has 0 bridgehead atoms. The first-order valence-electron chi connectivity index (χ1n) is 10.3. The average molecular weight is 399 g/mol. The number of nitrogens with zero attached hydrogens (tertiary/aromatic N) is 1. The molecule has 0 spiro atoms. The maximum absolute atomic E-state index is 12.5. The Morgan fingerprint density at radius 2 is 1.90 bits per heavy atom. The highest BCUT2D eigenvalue weighted by atomic mass is 16.5. The molecule has 1 saturated heterocycles. The number of piperidine rings is 1. The monoisotopic (exact) mass is 398 g/mol. The van der Waals surface area contributed by atoms with Crippen molar-refractivity contribution in [2.45, 2.75) is 58.6 Å². The van der Waals surface area contributed by atoms with Crippen molar-refractivity contribution in [3.05, 3.63) is 53.5 Å². The lowest BCUT2D eigenvalue weighted by atomic mass is 9.98. The number of likely N-dealkylation sites (tertiary alicyclic amines) is 1. The Kier molecular flexibility index (Phi) is 6.62. The van der Waals surface area contributed by atoms with Crippen LogP contribution < -0.4 is 10.1 Å². The summed E-state index contributed by atoms with van der Waals surface area (Å²) in [6.45, 7) is 9.32. The van der Waals surface area contributed by atoms with Crippen molar-refractivity contribution in [3.8, 4) is 5.75 Å². The second-order valence-electron chi connectivity index (χ2n) is 7.99. The van der Waals surface area contributed by atoms with Crippen LogP contribution in [0.4, 0.5) is 0 Å². The molecule has 1 atom stereocenters. The number of ether oxygens (including phenoxy) is 1. The van der Waals surface area contributed by atoms with E-state index in [0.717, 1.165) is 0 Å². The van der Waals surface area contributed by atoms with E-state index < -0.39 is 6.10 Å². The maximum Gasteiger partial charge on any atom is 0.289 e. The van der Waals surface area contributed by atoms with Gasteiger partial charge < -0.3 is 19.4 Å². The molecule has 29 heavy (non-hydrogen) atoms. The molecule has 0 radical (unpaired) electrons. The first kappa shape index (κ1) is 21.0. The van der Waals surface area contributed by atoms with Crippen molar-refractivity contribution in [1.82, 2.24) is 10.2 Å². The predicted octanol–water partition coefficient (Wildman–Crippen LogP) is 3.90. The molecule has 1 aromatic heterocycles. The Balaban J connectivity index is 1.48. The van der Waals surface area contributed by atoms with Crippen LogP contribution in [0.2, 0.25) is 0 Å². The normalized spacial score (nSPS) is 16.0. The quantitative estimate of drug-likeness (QED) is 0.801. The van der Waals surface area contributed by atoms with Crippen LogP contribution in [0.1, 0.15) is 61.2 Å². The predicted molar refractivity (Wildman–Crippen MR) is 111 cm³/mol. The summed E-state index contributed by atoms with van der Waals surface area (Å²) in [5, 5.41) is 3.05. The summed E-state index contributed by atoms with van der Waals surface area (Å²) in [6.07, 6.45) is 2.35.